The van der Waals surface area contributed by atoms with E-state index in [2.05, 4.69) is 16.7 Å². The van der Waals surface area contributed by atoms with Crippen molar-refractivity contribution in [3.8, 4) is 5.75 Å². The Morgan fingerprint density at radius 1 is 1.19 bits per heavy atom. The Morgan fingerprint density at radius 2 is 2.05 bits per heavy atom. The number of carbonyl (C=O) groups excluding carboxylic acids is 1. The molecule has 2 N–H and O–H groups in total. The van der Waals surface area contributed by atoms with Crippen molar-refractivity contribution >= 4 is 5.78 Å². The fraction of sp³-hybridized carbons (Fsp3) is 0.588. The van der Waals surface area contributed by atoms with Gasteiger partial charge >= 0.3 is 0 Å². The predicted molar refractivity (Wildman–Crippen MR) is 82.6 cm³/mol. The summed E-state index contributed by atoms with van der Waals surface area (Å²) < 4.78 is 5.68. The van der Waals surface area contributed by atoms with Gasteiger partial charge in [-0.3, -0.25) is 4.79 Å². The van der Waals surface area contributed by atoms with Gasteiger partial charge in [-0.1, -0.05) is 12.1 Å². The van der Waals surface area contributed by atoms with Crippen molar-refractivity contribution in [2.24, 2.45) is 5.92 Å². The fourth-order valence-electron chi connectivity index (χ4n) is 3.19. The second-order valence-electron chi connectivity index (χ2n) is 6.08. The van der Waals surface area contributed by atoms with E-state index in [9.17, 15) is 4.79 Å². The molecular formula is C17H24N2O2. The molecule has 21 heavy (non-hydrogen) atoms. The van der Waals surface area contributed by atoms with E-state index in [0.717, 1.165) is 56.8 Å². The fourth-order valence-corrected chi connectivity index (χ4v) is 3.19. The molecule has 0 atom stereocenters. The molecule has 114 valence electrons. The Labute approximate surface area is 126 Å². The second-order valence-corrected chi connectivity index (χ2v) is 6.08. The summed E-state index contributed by atoms with van der Waals surface area (Å²) in [6, 6.07) is 6.16. The van der Waals surface area contributed by atoms with Crippen LogP contribution in [0.5, 0.6) is 5.75 Å². The molecule has 0 unspecified atom stereocenters. The molecule has 4 heteroatoms. The van der Waals surface area contributed by atoms with Crippen LogP contribution in [-0.2, 0) is 17.8 Å². The molecule has 0 aliphatic carbocycles. The highest BCUT2D eigenvalue weighted by molar-refractivity contribution is 5.81. The maximum atomic E-state index is 12.2. The number of benzene rings is 1. The normalized spacial score (nSPS) is 19.4. The van der Waals surface area contributed by atoms with Crippen LogP contribution in [0.4, 0.5) is 0 Å². The average Bonchev–Trinajstić information content (AvgIpc) is 2.73. The van der Waals surface area contributed by atoms with Crippen LogP contribution in [-0.4, -0.2) is 32.0 Å². The number of hydrogen-bond acceptors (Lipinski definition) is 4. The smallest absolute Gasteiger partial charge is 0.137 e. The summed E-state index contributed by atoms with van der Waals surface area (Å²) >= 11 is 0. The number of nitrogens with one attached hydrogen (secondary N) is 2. The third kappa shape index (κ3) is 4.05. The zero-order valence-corrected chi connectivity index (χ0v) is 12.5. The summed E-state index contributed by atoms with van der Waals surface area (Å²) in [7, 11) is 0. The quantitative estimate of drug-likeness (QED) is 0.885. The number of ketones is 1. The number of piperidine rings is 1. The van der Waals surface area contributed by atoms with E-state index in [1.54, 1.807) is 0 Å². The van der Waals surface area contributed by atoms with Gasteiger partial charge in [-0.15, -0.1) is 0 Å². The minimum atomic E-state index is 0.365. The van der Waals surface area contributed by atoms with Gasteiger partial charge in [0.15, 0.2) is 0 Å². The molecule has 2 aliphatic heterocycles. The summed E-state index contributed by atoms with van der Waals surface area (Å²) in [5.41, 5.74) is 2.28. The van der Waals surface area contributed by atoms with Gasteiger partial charge in [-0.25, -0.2) is 0 Å². The van der Waals surface area contributed by atoms with Crippen LogP contribution in [0.3, 0.4) is 0 Å². The molecule has 1 fully saturated rings. The van der Waals surface area contributed by atoms with E-state index in [4.69, 9.17) is 4.74 Å². The van der Waals surface area contributed by atoms with Crippen LogP contribution in [0.25, 0.3) is 0 Å². The zero-order chi connectivity index (χ0) is 14.5. The Hall–Kier alpha value is -1.39. The molecule has 1 aromatic rings. The van der Waals surface area contributed by atoms with Crippen molar-refractivity contribution in [2.75, 3.05) is 26.2 Å². The van der Waals surface area contributed by atoms with Crippen LogP contribution in [0, 0.1) is 5.92 Å². The zero-order valence-electron chi connectivity index (χ0n) is 12.5. The lowest BCUT2D eigenvalue weighted by molar-refractivity contribution is -0.119. The van der Waals surface area contributed by atoms with Gasteiger partial charge < -0.3 is 15.4 Å². The molecule has 0 amide bonds. The Bertz CT molecular complexity index is 496. The summed E-state index contributed by atoms with van der Waals surface area (Å²) in [6.45, 7) is 4.52. The lowest BCUT2D eigenvalue weighted by atomic mass is 9.90. The molecule has 3 rings (SSSR count). The van der Waals surface area contributed by atoms with Gasteiger partial charge in [0, 0.05) is 31.5 Å². The van der Waals surface area contributed by atoms with Gasteiger partial charge in [-0.2, -0.15) is 0 Å². The molecule has 0 aromatic heterocycles. The maximum absolute atomic E-state index is 12.2. The topological polar surface area (TPSA) is 50.4 Å². The molecule has 2 heterocycles. The lowest BCUT2D eigenvalue weighted by Gasteiger charge is -2.21. The van der Waals surface area contributed by atoms with Crippen molar-refractivity contribution in [3.63, 3.8) is 0 Å². The van der Waals surface area contributed by atoms with Gasteiger partial charge in [0.2, 0.25) is 0 Å². The van der Waals surface area contributed by atoms with E-state index in [1.807, 2.05) is 12.1 Å². The summed E-state index contributed by atoms with van der Waals surface area (Å²) in [5.74, 6) is 1.89. The Balaban J connectivity index is 1.59. The second kappa shape index (κ2) is 7.05. The Kier molecular flexibility index (Phi) is 4.88. The number of hydrogen-bond donors (Lipinski definition) is 2. The SMILES string of the molecule is O=C(Cc1ccc2c(c1)CNCCO2)CC1CCNCC1. The molecule has 0 spiro atoms. The maximum Gasteiger partial charge on any atom is 0.137 e. The van der Waals surface area contributed by atoms with Crippen LogP contribution in [0.2, 0.25) is 0 Å². The van der Waals surface area contributed by atoms with Crippen LogP contribution < -0.4 is 15.4 Å². The highest BCUT2D eigenvalue weighted by atomic mass is 16.5. The van der Waals surface area contributed by atoms with E-state index in [1.165, 1.54) is 5.56 Å². The Morgan fingerprint density at radius 3 is 2.90 bits per heavy atom. The van der Waals surface area contributed by atoms with E-state index < -0.39 is 0 Å². The number of fused-ring (bicyclic) bond motifs is 1. The van der Waals surface area contributed by atoms with Crippen molar-refractivity contribution in [3.05, 3.63) is 29.3 Å². The molecule has 4 nitrogen and oxygen atoms in total. The first-order chi connectivity index (χ1) is 10.3. The third-order valence-corrected chi connectivity index (χ3v) is 4.35. The summed E-state index contributed by atoms with van der Waals surface area (Å²) in [5, 5.41) is 6.68. The minimum Gasteiger partial charge on any atom is -0.492 e. The van der Waals surface area contributed by atoms with Crippen molar-refractivity contribution < 1.29 is 9.53 Å². The molecule has 0 radical (unpaired) electrons. The minimum absolute atomic E-state index is 0.365. The molecular weight excluding hydrogens is 264 g/mol. The van der Waals surface area contributed by atoms with Crippen molar-refractivity contribution in [2.45, 2.75) is 32.2 Å². The van der Waals surface area contributed by atoms with Crippen LogP contribution >= 0.6 is 0 Å². The number of Topliss-reactive ketones (excluding diaryl/α,β-unsaturated/α-hetero) is 1. The number of ether oxygens (including phenoxy) is 1. The molecule has 1 saturated heterocycles. The van der Waals surface area contributed by atoms with E-state index in [-0.39, 0.29) is 0 Å². The van der Waals surface area contributed by atoms with Crippen LogP contribution in [0.1, 0.15) is 30.4 Å². The van der Waals surface area contributed by atoms with Gasteiger partial charge in [0.1, 0.15) is 18.1 Å². The van der Waals surface area contributed by atoms with Gasteiger partial charge in [0.25, 0.3) is 0 Å². The number of rotatable bonds is 4. The van der Waals surface area contributed by atoms with Crippen molar-refractivity contribution in [1.82, 2.24) is 10.6 Å². The van der Waals surface area contributed by atoms with E-state index in [0.29, 0.717) is 24.7 Å². The largest absolute Gasteiger partial charge is 0.492 e. The number of carbonyl (C=O) groups is 1. The van der Waals surface area contributed by atoms with Crippen molar-refractivity contribution in [1.29, 1.82) is 0 Å². The highest BCUT2D eigenvalue weighted by Crippen LogP contribution is 2.23. The average molecular weight is 288 g/mol. The predicted octanol–water partition coefficient (Wildman–Crippen LogP) is 1.67. The standard InChI is InChI=1S/C17H24N2O2/c20-16(10-13-3-5-18-6-4-13)11-14-1-2-17-15(9-14)12-19-7-8-21-17/h1-2,9,13,18-19H,3-8,10-12H2. The van der Waals surface area contributed by atoms with Gasteiger partial charge in [0.05, 0.1) is 0 Å². The monoisotopic (exact) mass is 288 g/mol. The first kappa shape index (κ1) is 14.5. The van der Waals surface area contributed by atoms with Crippen LogP contribution in [0.15, 0.2) is 18.2 Å². The highest BCUT2D eigenvalue weighted by Gasteiger charge is 2.17. The molecule has 0 bridgehead atoms. The summed E-state index contributed by atoms with van der Waals surface area (Å²) in [6.07, 6.45) is 3.55. The van der Waals surface area contributed by atoms with E-state index >= 15 is 0 Å². The molecule has 2 aliphatic rings. The molecule has 1 aromatic carbocycles. The first-order valence-electron chi connectivity index (χ1n) is 7.99. The first-order valence-corrected chi connectivity index (χ1v) is 7.99. The third-order valence-electron chi connectivity index (χ3n) is 4.35. The van der Waals surface area contributed by atoms with Gasteiger partial charge in [-0.05, 0) is 43.5 Å². The lowest BCUT2D eigenvalue weighted by Crippen LogP contribution is -2.29. The summed E-state index contributed by atoms with van der Waals surface area (Å²) in [4.78, 5) is 12.2. The molecule has 0 saturated carbocycles.